The largest absolute Gasteiger partial charge is 0.353 e. The SMILES string of the molecule is C=CCN=C(N=C)N/C(=N\CN1CCN(C)CC1)NCC=C. The van der Waals surface area contributed by atoms with E-state index in [1.165, 1.54) is 0 Å². The second kappa shape index (κ2) is 10.7. The Balaban J connectivity index is 2.61. The van der Waals surface area contributed by atoms with E-state index in [-0.39, 0.29) is 0 Å². The average molecular weight is 305 g/mol. The average Bonchev–Trinajstić information content (AvgIpc) is 2.54. The lowest BCUT2D eigenvalue weighted by atomic mass is 10.3. The van der Waals surface area contributed by atoms with Crippen molar-refractivity contribution < 1.29 is 0 Å². The molecular formula is C15H27N7. The van der Waals surface area contributed by atoms with Gasteiger partial charge in [-0.15, -0.1) is 13.2 Å². The highest BCUT2D eigenvalue weighted by molar-refractivity contribution is 6.00. The molecule has 0 saturated carbocycles. The van der Waals surface area contributed by atoms with E-state index in [1.54, 1.807) is 12.2 Å². The zero-order chi connectivity index (χ0) is 16.2. The maximum absolute atomic E-state index is 4.57. The number of nitrogens with one attached hydrogen (secondary N) is 2. The Hall–Kier alpha value is -1.99. The van der Waals surface area contributed by atoms with Crippen molar-refractivity contribution in [1.82, 2.24) is 20.4 Å². The Morgan fingerprint density at radius 1 is 1.14 bits per heavy atom. The molecule has 0 aromatic heterocycles. The van der Waals surface area contributed by atoms with Crippen LogP contribution < -0.4 is 10.6 Å². The van der Waals surface area contributed by atoms with E-state index < -0.39 is 0 Å². The fourth-order valence-corrected chi connectivity index (χ4v) is 1.85. The van der Waals surface area contributed by atoms with Crippen LogP contribution in [0.3, 0.4) is 0 Å². The Kier molecular flexibility index (Phi) is 8.78. The molecule has 0 aromatic carbocycles. The van der Waals surface area contributed by atoms with Gasteiger partial charge in [-0.05, 0) is 13.8 Å². The molecule has 0 unspecified atom stereocenters. The number of nitrogens with zero attached hydrogens (tertiary/aromatic N) is 5. The zero-order valence-electron chi connectivity index (χ0n) is 13.5. The number of hydrogen-bond acceptors (Lipinski definition) is 4. The predicted molar refractivity (Wildman–Crippen MR) is 94.8 cm³/mol. The summed E-state index contributed by atoms with van der Waals surface area (Å²) < 4.78 is 0. The van der Waals surface area contributed by atoms with Crippen molar-refractivity contribution in [3.8, 4) is 0 Å². The first kappa shape index (κ1) is 18.1. The highest BCUT2D eigenvalue weighted by Crippen LogP contribution is 1.98. The Morgan fingerprint density at radius 2 is 1.86 bits per heavy atom. The van der Waals surface area contributed by atoms with Crippen LogP contribution in [0.5, 0.6) is 0 Å². The predicted octanol–water partition coefficient (Wildman–Crippen LogP) is 0.155. The molecule has 1 aliphatic heterocycles. The van der Waals surface area contributed by atoms with Crippen LogP contribution in [0.1, 0.15) is 0 Å². The van der Waals surface area contributed by atoms with Gasteiger partial charge >= 0.3 is 0 Å². The molecule has 1 heterocycles. The molecule has 0 atom stereocenters. The molecule has 0 bridgehead atoms. The minimum atomic E-state index is 0.425. The number of hydrogen-bond donors (Lipinski definition) is 2. The van der Waals surface area contributed by atoms with Crippen molar-refractivity contribution >= 4 is 18.6 Å². The number of likely N-dealkylation sites (N-methyl/N-ethyl adjacent to an activating group) is 1. The highest BCUT2D eigenvalue weighted by atomic mass is 15.3. The van der Waals surface area contributed by atoms with Crippen LogP contribution in [0.4, 0.5) is 0 Å². The van der Waals surface area contributed by atoms with Gasteiger partial charge in [-0.1, -0.05) is 12.2 Å². The van der Waals surface area contributed by atoms with Gasteiger partial charge in [0.15, 0.2) is 5.96 Å². The van der Waals surface area contributed by atoms with Crippen LogP contribution in [0.2, 0.25) is 0 Å². The second-order valence-electron chi connectivity index (χ2n) is 4.98. The van der Waals surface area contributed by atoms with Crippen LogP contribution in [0.15, 0.2) is 40.3 Å². The number of rotatable bonds is 6. The minimum Gasteiger partial charge on any atom is -0.353 e. The summed E-state index contributed by atoms with van der Waals surface area (Å²) in [4.78, 5) is 17.2. The molecule has 0 aromatic rings. The monoisotopic (exact) mass is 305 g/mol. The summed E-state index contributed by atoms with van der Waals surface area (Å²) in [6, 6.07) is 0. The van der Waals surface area contributed by atoms with Crippen molar-refractivity contribution in [2.24, 2.45) is 15.0 Å². The van der Waals surface area contributed by atoms with E-state index in [0.29, 0.717) is 31.7 Å². The molecule has 1 rings (SSSR count). The molecule has 2 N–H and O–H groups in total. The van der Waals surface area contributed by atoms with Crippen molar-refractivity contribution in [3.05, 3.63) is 25.3 Å². The summed E-state index contributed by atoms with van der Waals surface area (Å²) in [6.07, 6.45) is 3.47. The van der Waals surface area contributed by atoms with Gasteiger partial charge in [-0.3, -0.25) is 10.2 Å². The van der Waals surface area contributed by atoms with Crippen molar-refractivity contribution in [2.75, 3.05) is 53.0 Å². The maximum atomic E-state index is 4.57. The third-order valence-corrected chi connectivity index (χ3v) is 3.19. The van der Waals surface area contributed by atoms with Gasteiger partial charge in [0.2, 0.25) is 5.96 Å². The van der Waals surface area contributed by atoms with Gasteiger partial charge in [0.05, 0.1) is 13.2 Å². The fourth-order valence-electron chi connectivity index (χ4n) is 1.85. The Labute approximate surface area is 133 Å². The second-order valence-corrected chi connectivity index (χ2v) is 4.98. The molecule has 0 spiro atoms. The quantitative estimate of drug-likeness (QED) is 0.417. The molecule has 7 heteroatoms. The third-order valence-electron chi connectivity index (χ3n) is 3.19. The van der Waals surface area contributed by atoms with Gasteiger partial charge in [-0.2, -0.15) is 0 Å². The number of aliphatic imine (C=N–C) groups is 3. The van der Waals surface area contributed by atoms with E-state index in [4.69, 9.17) is 0 Å². The summed E-state index contributed by atoms with van der Waals surface area (Å²) in [5.74, 6) is 1.04. The van der Waals surface area contributed by atoms with Crippen molar-refractivity contribution in [1.29, 1.82) is 0 Å². The summed E-state index contributed by atoms with van der Waals surface area (Å²) in [5.41, 5.74) is 0. The topological polar surface area (TPSA) is 67.6 Å². The van der Waals surface area contributed by atoms with Crippen LogP contribution in [-0.4, -0.2) is 81.4 Å². The smallest absolute Gasteiger partial charge is 0.224 e. The normalized spacial score (nSPS) is 17.9. The van der Waals surface area contributed by atoms with E-state index in [2.05, 4.69) is 62.3 Å². The van der Waals surface area contributed by atoms with Crippen LogP contribution in [-0.2, 0) is 0 Å². The molecule has 0 amide bonds. The maximum Gasteiger partial charge on any atom is 0.224 e. The summed E-state index contributed by atoms with van der Waals surface area (Å²) in [7, 11) is 2.14. The molecule has 122 valence electrons. The lowest BCUT2D eigenvalue weighted by molar-refractivity contribution is 0.157. The molecule has 1 fully saturated rings. The molecule has 7 nitrogen and oxygen atoms in total. The van der Waals surface area contributed by atoms with Gasteiger partial charge in [0, 0.05) is 32.7 Å². The van der Waals surface area contributed by atoms with Crippen LogP contribution >= 0.6 is 0 Å². The van der Waals surface area contributed by atoms with Gasteiger partial charge in [-0.25, -0.2) is 15.0 Å². The van der Waals surface area contributed by atoms with Gasteiger partial charge in [0.1, 0.15) is 0 Å². The van der Waals surface area contributed by atoms with E-state index in [0.717, 1.165) is 26.2 Å². The molecule has 1 aliphatic rings. The number of piperazine rings is 1. The first-order valence-corrected chi connectivity index (χ1v) is 7.38. The first-order valence-electron chi connectivity index (χ1n) is 7.38. The lowest BCUT2D eigenvalue weighted by Crippen LogP contribution is -2.46. The Bertz CT molecular complexity index is 420. The minimum absolute atomic E-state index is 0.425. The summed E-state index contributed by atoms with van der Waals surface area (Å²) in [6.45, 7) is 16.7. The Morgan fingerprint density at radius 3 is 2.45 bits per heavy atom. The van der Waals surface area contributed by atoms with Gasteiger partial charge in [0.25, 0.3) is 0 Å². The van der Waals surface area contributed by atoms with Crippen molar-refractivity contribution in [3.63, 3.8) is 0 Å². The zero-order valence-corrected chi connectivity index (χ0v) is 13.5. The first-order chi connectivity index (χ1) is 10.7. The molecule has 0 radical (unpaired) electrons. The highest BCUT2D eigenvalue weighted by Gasteiger charge is 2.13. The van der Waals surface area contributed by atoms with E-state index in [9.17, 15) is 0 Å². The molecular weight excluding hydrogens is 278 g/mol. The molecule has 1 saturated heterocycles. The van der Waals surface area contributed by atoms with Crippen molar-refractivity contribution in [2.45, 2.75) is 0 Å². The fraction of sp³-hybridized carbons (Fsp3) is 0.533. The van der Waals surface area contributed by atoms with Crippen LogP contribution in [0, 0.1) is 0 Å². The summed E-state index contributed by atoms with van der Waals surface area (Å²) in [5, 5.41) is 6.20. The molecule has 0 aliphatic carbocycles. The number of guanidine groups is 2. The summed E-state index contributed by atoms with van der Waals surface area (Å²) >= 11 is 0. The van der Waals surface area contributed by atoms with E-state index >= 15 is 0 Å². The van der Waals surface area contributed by atoms with Crippen LogP contribution in [0.25, 0.3) is 0 Å². The lowest BCUT2D eigenvalue weighted by Gasteiger charge is -2.31. The molecule has 22 heavy (non-hydrogen) atoms. The van der Waals surface area contributed by atoms with Gasteiger partial charge < -0.3 is 10.2 Å². The standard InChI is InChI=1S/C15H27N7/c1-5-7-17-14(16-3)20-15(18-8-6-2)19-13-22-11-9-21(4)10-12-22/h5-6H,1-3,7-13H2,4H3,(H2,17,18,19,20). The third kappa shape index (κ3) is 7.14. The van der Waals surface area contributed by atoms with E-state index in [1.807, 2.05) is 0 Å².